The van der Waals surface area contributed by atoms with Crippen LogP contribution in [0.2, 0.25) is 0 Å². The Hall–Kier alpha value is -3.19. The van der Waals surface area contributed by atoms with Crippen LogP contribution < -0.4 is 15.5 Å². The van der Waals surface area contributed by atoms with Gasteiger partial charge in [-0.05, 0) is 42.3 Å². The first kappa shape index (κ1) is 20.1. The number of methoxy groups -OCH3 is 1. The molecule has 0 aromatic heterocycles. The zero-order valence-corrected chi connectivity index (χ0v) is 15.4. The van der Waals surface area contributed by atoms with E-state index in [1.54, 1.807) is 12.1 Å². The van der Waals surface area contributed by atoms with Gasteiger partial charge in [-0.2, -0.15) is 5.10 Å². The second-order valence-corrected chi connectivity index (χ2v) is 5.79. The monoisotopic (exact) mass is 369 g/mol. The van der Waals surface area contributed by atoms with Gasteiger partial charge in [0.25, 0.3) is 0 Å². The maximum Gasteiger partial charge on any atom is 0.329 e. The van der Waals surface area contributed by atoms with Gasteiger partial charge in [0, 0.05) is 13.7 Å². The molecule has 0 radical (unpaired) electrons. The van der Waals surface area contributed by atoms with Gasteiger partial charge >= 0.3 is 11.8 Å². The lowest BCUT2D eigenvalue weighted by Crippen LogP contribution is -2.39. The van der Waals surface area contributed by atoms with E-state index in [0.717, 1.165) is 16.9 Å². The Balaban J connectivity index is 1.77. The molecule has 7 heteroatoms. The van der Waals surface area contributed by atoms with E-state index in [-0.39, 0.29) is 6.54 Å². The average Bonchev–Trinajstić information content (AvgIpc) is 2.68. The van der Waals surface area contributed by atoms with Crippen LogP contribution in [0, 0.1) is 6.92 Å². The molecule has 0 saturated heterocycles. The first-order chi connectivity index (χ1) is 13.1. The van der Waals surface area contributed by atoms with Gasteiger partial charge in [0.15, 0.2) is 0 Å². The first-order valence-electron chi connectivity index (χ1n) is 8.47. The number of ether oxygens (including phenoxy) is 2. The van der Waals surface area contributed by atoms with Crippen LogP contribution in [0.4, 0.5) is 0 Å². The van der Waals surface area contributed by atoms with Gasteiger partial charge in [0.05, 0.1) is 12.8 Å². The second kappa shape index (κ2) is 10.7. The summed E-state index contributed by atoms with van der Waals surface area (Å²) >= 11 is 0. The predicted octanol–water partition coefficient (Wildman–Crippen LogP) is 1.79. The Morgan fingerprint density at radius 3 is 2.41 bits per heavy atom. The van der Waals surface area contributed by atoms with Gasteiger partial charge < -0.3 is 14.8 Å². The smallest absolute Gasteiger partial charge is 0.329 e. The van der Waals surface area contributed by atoms with Crippen molar-refractivity contribution in [2.45, 2.75) is 13.5 Å². The van der Waals surface area contributed by atoms with Gasteiger partial charge in [0.1, 0.15) is 12.4 Å². The highest BCUT2D eigenvalue weighted by Gasteiger charge is 2.11. The van der Waals surface area contributed by atoms with Crippen LogP contribution in [-0.2, 0) is 20.9 Å². The number of carbonyl (C=O) groups is 2. The van der Waals surface area contributed by atoms with Crippen molar-refractivity contribution in [3.63, 3.8) is 0 Å². The summed E-state index contributed by atoms with van der Waals surface area (Å²) in [5.74, 6) is -0.862. The summed E-state index contributed by atoms with van der Waals surface area (Å²) in [6.07, 6.45) is 1.45. The van der Waals surface area contributed by atoms with Gasteiger partial charge in [-0.3, -0.25) is 9.59 Å². The van der Waals surface area contributed by atoms with Gasteiger partial charge in [-0.1, -0.05) is 29.8 Å². The number of nitrogens with zero attached hydrogens (tertiary/aromatic N) is 1. The SMILES string of the molecule is COCCNC(=O)C(=O)N/N=C\c1ccc(OCc2ccc(C)cc2)cc1. The van der Waals surface area contributed by atoms with Crippen molar-refractivity contribution < 1.29 is 19.1 Å². The molecule has 0 bridgehead atoms. The quantitative estimate of drug-likeness (QED) is 0.321. The molecule has 0 heterocycles. The highest BCUT2D eigenvalue weighted by Crippen LogP contribution is 2.14. The molecule has 2 aromatic carbocycles. The number of carbonyl (C=O) groups excluding carboxylic acids is 2. The summed E-state index contributed by atoms with van der Waals surface area (Å²) in [4.78, 5) is 23.0. The largest absolute Gasteiger partial charge is 0.489 e. The van der Waals surface area contributed by atoms with Gasteiger partial charge in [0.2, 0.25) is 0 Å². The molecule has 2 amide bonds. The third kappa shape index (κ3) is 7.29. The van der Waals surface area contributed by atoms with Crippen LogP contribution >= 0.6 is 0 Å². The second-order valence-electron chi connectivity index (χ2n) is 5.79. The normalized spacial score (nSPS) is 10.6. The third-order valence-electron chi connectivity index (χ3n) is 3.58. The Labute approximate surface area is 158 Å². The number of rotatable bonds is 8. The van der Waals surface area contributed by atoms with Gasteiger partial charge in [-0.25, -0.2) is 5.43 Å². The van der Waals surface area contributed by atoms with Crippen LogP contribution in [0.3, 0.4) is 0 Å². The first-order valence-corrected chi connectivity index (χ1v) is 8.47. The molecule has 0 aliphatic heterocycles. The van der Waals surface area contributed by atoms with Crippen molar-refractivity contribution in [3.05, 3.63) is 65.2 Å². The van der Waals surface area contributed by atoms with Crippen molar-refractivity contribution in [1.82, 2.24) is 10.7 Å². The fraction of sp³-hybridized carbons (Fsp3) is 0.250. The molecule has 0 aliphatic carbocycles. The molecule has 27 heavy (non-hydrogen) atoms. The van der Waals surface area contributed by atoms with E-state index < -0.39 is 11.8 Å². The zero-order valence-electron chi connectivity index (χ0n) is 15.4. The number of benzene rings is 2. The maximum absolute atomic E-state index is 11.5. The molecule has 0 fully saturated rings. The summed E-state index contributed by atoms with van der Waals surface area (Å²) in [5, 5.41) is 6.17. The fourth-order valence-corrected chi connectivity index (χ4v) is 2.06. The minimum Gasteiger partial charge on any atom is -0.489 e. The zero-order chi connectivity index (χ0) is 19.5. The van der Waals surface area contributed by atoms with Crippen molar-refractivity contribution >= 4 is 18.0 Å². The fourth-order valence-electron chi connectivity index (χ4n) is 2.06. The Morgan fingerprint density at radius 1 is 1.04 bits per heavy atom. The lowest BCUT2D eigenvalue weighted by Gasteiger charge is -2.07. The van der Waals surface area contributed by atoms with Crippen molar-refractivity contribution in [2.75, 3.05) is 20.3 Å². The minimum atomic E-state index is -0.833. The van der Waals surface area contributed by atoms with E-state index in [0.29, 0.717) is 13.2 Å². The van der Waals surface area contributed by atoms with Crippen molar-refractivity contribution in [1.29, 1.82) is 0 Å². The lowest BCUT2D eigenvalue weighted by molar-refractivity contribution is -0.139. The molecular weight excluding hydrogens is 346 g/mol. The van der Waals surface area contributed by atoms with E-state index in [4.69, 9.17) is 9.47 Å². The molecular formula is C20H23N3O4. The van der Waals surface area contributed by atoms with E-state index in [1.807, 2.05) is 43.3 Å². The highest BCUT2D eigenvalue weighted by molar-refractivity contribution is 6.35. The van der Waals surface area contributed by atoms with E-state index in [1.165, 1.54) is 18.9 Å². The number of hydrogen-bond acceptors (Lipinski definition) is 5. The Bertz CT molecular complexity index is 771. The summed E-state index contributed by atoms with van der Waals surface area (Å²) in [6, 6.07) is 15.4. The molecule has 142 valence electrons. The van der Waals surface area contributed by atoms with E-state index in [9.17, 15) is 9.59 Å². The molecule has 2 rings (SSSR count). The van der Waals surface area contributed by atoms with Crippen LogP contribution in [0.15, 0.2) is 53.6 Å². The van der Waals surface area contributed by atoms with Crippen LogP contribution in [0.25, 0.3) is 0 Å². The molecule has 0 atom stereocenters. The van der Waals surface area contributed by atoms with Crippen molar-refractivity contribution in [3.8, 4) is 5.75 Å². The molecule has 0 unspecified atom stereocenters. The Morgan fingerprint density at radius 2 is 1.74 bits per heavy atom. The molecule has 0 spiro atoms. The number of hydrazone groups is 1. The maximum atomic E-state index is 11.5. The third-order valence-corrected chi connectivity index (χ3v) is 3.58. The number of aryl methyl sites for hydroxylation is 1. The van der Waals surface area contributed by atoms with Crippen molar-refractivity contribution in [2.24, 2.45) is 5.10 Å². The number of amides is 2. The van der Waals surface area contributed by atoms with Gasteiger partial charge in [-0.15, -0.1) is 0 Å². The summed E-state index contributed by atoms with van der Waals surface area (Å²) in [5.41, 5.74) is 5.24. The summed E-state index contributed by atoms with van der Waals surface area (Å²) in [7, 11) is 1.51. The number of nitrogens with one attached hydrogen (secondary N) is 2. The number of hydrogen-bond donors (Lipinski definition) is 2. The predicted molar refractivity (Wildman–Crippen MR) is 103 cm³/mol. The molecule has 7 nitrogen and oxygen atoms in total. The average molecular weight is 369 g/mol. The lowest BCUT2D eigenvalue weighted by atomic mass is 10.2. The Kier molecular flexibility index (Phi) is 7.99. The molecule has 2 aromatic rings. The van der Waals surface area contributed by atoms with Crippen LogP contribution in [0.1, 0.15) is 16.7 Å². The standard InChI is InChI=1S/C20H23N3O4/c1-15-3-5-17(6-4-15)14-27-18-9-7-16(8-10-18)13-22-23-20(25)19(24)21-11-12-26-2/h3-10,13H,11-12,14H2,1-2H3,(H,21,24)(H,23,25)/b22-13-. The highest BCUT2D eigenvalue weighted by atomic mass is 16.5. The van der Waals surface area contributed by atoms with E-state index in [2.05, 4.69) is 15.8 Å². The van der Waals surface area contributed by atoms with Crippen LogP contribution in [0.5, 0.6) is 5.75 Å². The van der Waals surface area contributed by atoms with Crippen LogP contribution in [-0.4, -0.2) is 38.3 Å². The molecule has 0 saturated carbocycles. The summed E-state index contributed by atoms with van der Waals surface area (Å²) in [6.45, 7) is 3.13. The molecule has 2 N–H and O–H groups in total. The topological polar surface area (TPSA) is 89.0 Å². The minimum absolute atomic E-state index is 0.260. The molecule has 0 aliphatic rings. The summed E-state index contributed by atoms with van der Waals surface area (Å²) < 4.78 is 10.5. The van der Waals surface area contributed by atoms with E-state index >= 15 is 0 Å².